The smallest absolute Gasteiger partial charge is 0.0945 e. The summed E-state index contributed by atoms with van der Waals surface area (Å²) in [5, 5.41) is 8.59. The van der Waals surface area contributed by atoms with Crippen LogP contribution in [0.1, 0.15) is 12.8 Å². The van der Waals surface area contributed by atoms with Gasteiger partial charge in [-0.3, -0.25) is 4.90 Å². The van der Waals surface area contributed by atoms with Crippen LogP contribution in [0.15, 0.2) is 18.7 Å². The minimum absolute atomic E-state index is 0.581. The zero-order valence-electron chi connectivity index (χ0n) is 8.84. The molecule has 1 aliphatic heterocycles. The zero-order chi connectivity index (χ0) is 10.5. The molecule has 4 heteroatoms. The summed E-state index contributed by atoms with van der Waals surface area (Å²) in [4.78, 5) is 6.27. The van der Waals surface area contributed by atoms with Crippen molar-refractivity contribution in [3.8, 4) is 6.07 Å². The van der Waals surface area contributed by atoms with Crippen molar-refractivity contribution in [2.24, 2.45) is 5.92 Å². The highest BCUT2D eigenvalue weighted by Crippen LogP contribution is 2.18. The van der Waals surface area contributed by atoms with Crippen molar-refractivity contribution < 1.29 is 0 Å². The van der Waals surface area contributed by atoms with Crippen LogP contribution in [0, 0.1) is 17.2 Å². The topological polar surface area (TPSA) is 44.9 Å². The van der Waals surface area contributed by atoms with Crippen LogP contribution in [-0.4, -0.2) is 34.1 Å². The first-order valence-corrected chi connectivity index (χ1v) is 5.43. The maximum Gasteiger partial charge on any atom is 0.0945 e. The van der Waals surface area contributed by atoms with Crippen molar-refractivity contribution >= 4 is 0 Å². The molecule has 0 amide bonds. The second-order valence-corrected chi connectivity index (χ2v) is 4.14. The summed E-state index contributed by atoms with van der Waals surface area (Å²) in [6.07, 6.45) is 8.10. The number of rotatable bonds is 3. The summed E-state index contributed by atoms with van der Waals surface area (Å²) in [7, 11) is 0. The normalized spacial score (nSPS) is 18.9. The molecule has 1 aromatic rings. The molecule has 0 bridgehead atoms. The largest absolute Gasteiger partial charge is 0.337 e. The molecule has 0 unspecified atom stereocenters. The Kier molecular flexibility index (Phi) is 3.36. The first-order valence-electron chi connectivity index (χ1n) is 5.43. The van der Waals surface area contributed by atoms with Crippen LogP contribution >= 0.6 is 0 Å². The summed E-state index contributed by atoms with van der Waals surface area (Å²) in [5.41, 5.74) is 0. The van der Waals surface area contributed by atoms with Gasteiger partial charge >= 0.3 is 0 Å². The van der Waals surface area contributed by atoms with E-state index in [-0.39, 0.29) is 0 Å². The van der Waals surface area contributed by atoms with Gasteiger partial charge in [-0.1, -0.05) is 0 Å². The van der Waals surface area contributed by atoms with Gasteiger partial charge in [0.15, 0.2) is 0 Å². The van der Waals surface area contributed by atoms with Gasteiger partial charge in [-0.2, -0.15) is 5.26 Å². The van der Waals surface area contributed by atoms with E-state index in [0.717, 1.165) is 25.6 Å². The van der Waals surface area contributed by atoms with Gasteiger partial charge in [0.05, 0.1) is 18.9 Å². The molecule has 1 fully saturated rings. The van der Waals surface area contributed by atoms with Crippen molar-refractivity contribution in [2.75, 3.05) is 19.6 Å². The summed E-state index contributed by atoms with van der Waals surface area (Å²) < 4.78 is 2.14. The van der Waals surface area contributed by atoms with Gasteiger partial charge in [0.2, 0.25) is 0 Å². The first-order chi connectivity index (χ1) is 7.38. The standard InChI is InChI=1S/C11H16N4/c12-3-7-14-5-1-11(2-6-14)9-15-8-4-13-10-15/h4,8,10-11H,1-2,5-7,9H2. The van der Waals surface area contributed by atoms with E-state index >= 15 is 0 Å². The van der Waals surface area contributed by atoms with Crippen LogP contribution in [0.2, 0.25) is 0 Å². The number of hydrogen-bond donors (Lipinski definition) is 0. The molecule has 80 valence electrons. The molecule has 1 aliphatic rings. The van der Waals surface area contributed by atoms with Crippen molar-refractivity contribution in [1.82, 2.24) is 14.5 Å². The van der Waals surface area contributed by atoms with E-state index in [2.05, 4.69) is 20.5 Å². The molecule has 4 nitrogen and oxygen atoms in total. The van der Waals surface area contributed by atoms with Crippen LogP contribution in [0.3, 0.4) is 0 Å². The Hall–Kier alpha value is -1.34. The zero-order valence-corrected chi connectivity index (χ0v) is 8.84. The average molecular weight is 204 g/mol. The maximum absolute atomic E-state index is 8.59. The summed E-state index contributed by atoms with van der Waals surface area (Å²) in [6.45, 7) is 3.78. The van der Waals surface area contributed by atoms with Crippen LogP contribution in [0.4, 0.5) is 0 Å². The van der Waals surface area contributed by atoms with Crippen molar-refractivity contribution in [1.29, 1.82) is 5.26 Å². The van der Waals surface area contributed by atoms with E-state index in [9.17, 15) is 0 Å². The highest BCUT2D eigenvalue weighted by atomic mass is 15.1. The fourth-order valence-electron chi connectivity index (χ4n) is 2.12. The summed E-state index contributed by atoms with van der Waals surface area (Å²) >= 11 is 0. The van der Waals surface area contributed by atoms with Crippen molar-refractivity contribution in [3.63, 3.8) is 0 Å². The van der Waals surface area contributed by atoms with Crippen LogP contribution in [0.5, 0.6) is 0 Å². The average Bonchev–Trinajstić information content (AvgIpc) is 2.74. The molecule has 15 heavy (non-hydrogen) atoms. The third-order valence-electron chi connectivity index (χ3n) is 3.03. The molecule has 0 atom stereocenters. The van der Waals surface area contributed by atoms with Gasteiger partial charge < -0.3 is 4.57 Å². The molecule has 0 spiro atoms. The van der Waals surface area contributed by atoms with E-state index in [1.54, 1.807) is 0 Å². The Balaban J connectivity index is 1.77. The van der Waals surface area contributed by atoms with E-state index in [1.165, 1.54) is 12.8 Å². The molecule has 0 saturated carbocycles. The predicted octanol–water partition coefficient (Wildman–Crippen LogP) is 1.12. The molecule has 0 aromatic carbocycles. The molecule has 0 N–H and O–H groups in total. The minimum Gasteiger partial charge on any atom is -0.337 e. The SMILES string of the molecule is N#CCN1CCC(Cn2ccnc2)CC1. The number of piperidine rings is 1. The van der Waals surface area contributed by atoms with E-state index in [4.69, 9.17) is 5.26 Å². The molecule has 0 radical (unpaired) electrons. The van der Waals surface area contributed by atoms with Gasteiger partial charge in [0.1, 0.15) is 0 Å². The monoisotopic (exact) mass is 204 g/mol. The lowest BCUT2D eigenvalue weighted by atomic mass is 9.97. The molecular weight excluding hydrogens is 188 g/mol. The number of aromatic nitrogens is 2. The van der Waals surface area contributed by atoms with Crippen LogP contribution in [0.25, 0.3) is 0 Å². The van der Waals surface area contributed by atoms with Gasteiger partial charge in [0.25, 0.3) is 0 Å². The third-order valence-corrected chi connectivity index (χ3v) is 3.03. The maximum atomic E-state index is 8.59. The third kappa shape index (κ3) is 2.80. The van der Waals surface area contributed by atoms with E-state index in [1.807, 2.05) is 18.7 Å². The molecule has 1 saturated heterocycles. The second kappa shape index (κ2) is 4.94. The number of likely N-dealkylation sites (tertiary alicyclic amines) is 1. The van der Waals surface area contributed by atoms with Gasteiger partial charge in [-0.15, -0.1) is 0 Å². The number of imidazole rings is 1. The van der Waals surface area contributed by atoms with Gasteiger partial charge in [-0.25, -0.2) is 4.98 Å². The Bertz CT molecular complexity index is 317. The fourth-order valence-corrected chi connectivity index (χ4v) is 2.12. The predicted molar refractivity (Wildman–Crippen MR) is 57.0 cm³/mol. The van der Waals surface area contributed by atoms with Gasteiger partial charge in [0, 0.05) is 18.9 Å². The second-order valence-electron chi connectivity index (χ2n) is 4.14. The fraction of sp³-hybridized carbons (Fsp3) is 0.636. The van der Waals surface area contributed by atoms with E-state index < -0.39 is 0 Å². The van der Waals surface area contributed by atoms with Crippen LogP contribution < -0.4 is 0 Å². The summed E-state index contributed by atoms with van der Waals surface area (Å²) in [5.74, 6) is 0.745. The molecule has 1 aromatic heterocycles. The lowest BCUT2D eigenvalue weighted by Crippen LogP contribution is -2.35. The number of hydrogen-bond acceptors (Lipinski definition) is 3. The first kappa shape index (κ1) is 10.2. The van der Waals surface area contributed by atoms with Gasteiger partial charge in [-0.05, 0) is 31.8 Å². The number of nitrogens with zero attached hydrogens (tertiary/aromatic N) is 4. The highest BCUT2D eigenvalue weighted by Gasteiger charge is 2.18. The Labute approximate surface area is 90.1 Å². The van der Waals surface area contributed by atoms with Crippen molar-refractivity contribution in [3.05, 3.63) is 18.7 Å². The number of nitriles is 1. The Morgan fingerprint density at radius 3 is 2.80 bits per heavy atom. The Morgan fingerprint density at radius 1 is 1.40 bits per heavy atom. The minimum atomic E-state index is 0.581. The summed E-state index contributed by atoms with van der Waals surface area (Å²) in [6, 6.07) is 2.21. The Morgan fingerprint density at radius 2 is 2.20 bits per heavy atom. The lowest BCUT2D eigenvalue weighted by molar-refractivity contribution is 0.190. The molecule has 2 heterocycles. The van der Waals surface area contributed by atoms with Crippen LogP contribution in [-0.2, 0) is 6.54 Å². The lowest BCUT2D eigenvalue weighted by Gasteiger charge is -2.30. The molecule has 2 rings (SSSR count). The quantitative estimate of drug-likeness (QED) is 0.693. The van der Waals surface area contributed by atoms with Crippen molar-refractivity contribution in [2.45, 2.75) is 19.4 Å². The highest BCUT2D eigenvalue weighted by molar-refractivity contribution is 4.82. The molecular formula is C11H16N4. The van der Waals surface area contributed by atoms with E-state index in [0.29, 0.717) is 6.54 Å². The molecule has 0 aliphatic carbocycles.